The van der Waals surface area contributed by atoms with Gasteiger partial charge in [-0.05, 0) is 86.9 Å². The number of fused-ring (bicyclic) bond motifs is 9. The van der Waals surface area contributed by atoms with Crippen LogP contribution in [-0.2, 0) is 10.8 Å². The zero-order chi connectivity index (χ0) is 28.7. The SMILES string of the molecule is CC(C)(C)c1ccc2c(c1)c1cc(C(C)(C)C)cc3c1n2-c1cccc2c1B3c1cccc3c1N2c1ccccc1S3. The number of benzene rings is 5. The quantitative estimate of drug-likeness (QED) is 0.172. The van der Waals surface area contributed by atoms with Crippen LogP contribution in [0, 0.1) is 0 Å². The average Bonchev–Trinajstić information content (AvgIpc) is 3.29. The van der Waals surface area contributed by atoms with Crippen LogP contribution < -0.4 is 21.3 Å². The number of nitrogens with zero attached hydrogens (tertiary/aromatic N) is 2. The highest BCUT2D eigenvalue weighted by Gasteiger charge is 2.44. The molecule has 3 aliphatic rings. The zero-order valence-electron chi connectivity index (χ0n) is 25.0. The number of aromatic nitrogens is 1. The van der Waals surface area contributed by atoms with Crippen LogP contribution >= 0.6 is 11.8 Å². The maximum atomic E-state index is 2.58. The number of anilines is 3. The summed E-state index contributed by atoms with van der Waals surface area (Å²) in [6, 6.07) is 35.0. The van der Waals surface area contributed by atoms with E-state index >= 15 is 0 Å². The summed E-state index contributed by atoms with van der Waals surface area (Å²) in [5, 5.41) is 2.73. The van der Waals surface area contributed by atoms with Gasteiger partial charge < -0.3 is 9.47 Å². The molecule has 0 saturated heterocycles. The number of para-hydroxylation sites is 2. The van der Waals surface area contributed by atoms with Crippen LogP contribution in [0.5, 0.6) is 0 Å². The molecular weight excluding hydrogens is 527 g/mol. The molecule has 0 N–H and O–H groups in total. The summed E-state index contributed by atoms with van der Waals surface area (Å²) in [5.74, 6) is 0. The Morgan fingerprint density at radius 1 is 0.595 bits per heavy atom. The van der Waals surface area contributed by atoms with Crippen LogP contribution in [0.4, 0.5) is 17.1 Å². The third-order valence-corrected chi connectivity index (χ3v) is 10.8. The Labute approximate surface area is 252 Å². The van der Waals surface area contributed by atoms with Gasteiger partial charge in [-0.15, -0.1) is 0 Å². The Morgan fingerprint density at radius 2 is 1.29 bits per heavy atom. The Balaban J connectivity index is 1.47. The predicted octanol–water partition coefficient (Wildman–Crippen LogP) is 8.46. The van der Waals surface area contributed by atoms with E-state index in [4.69, 9.17) is 0 Å². The van der Waals surface area contributed by atoms with Crippen molar-refractivity contribution in [1.29, 1.82) is 0 Å². The largest absolute Gasteiger partial charge is 0.310 e. The third kappa shape index (κ3) is 3.09. The van der Waals surface area contributed by atoms with E-state index in [-0.39, 0.29) is 17.5 Å². The van der Waals surface area contributed by atoms with Gasteiger partial charge in [0.15, 0.2) is 0 Å². The second kappa shape index (κ2) is 7.93. The molecule has 0 radical (unpaired) electrons. The highest BCUT2D eigenvalue weighted by molar-refractivity contribution is 7.99. The van der Waals surface area contributed by atoms with Gasteiger partial charge >= 0.3 is 0 Å². The molecule has 42 heavy (non-hydrogen) atoms. The molecular formula is C38H33BN2S. The van der Waals surface area contributed by atoms with Crippen molar-refractivity contribution >= 4 is 73.7 Å². The molecule has 0 unspecified atom stereocenters. The standard InChI is InChI=1S/C38H33BN2S/c1-37(2,3)22-17-18-28-24(19-22)25-20-23(38(4,5)6)21-27-35(25)40(28)30-13-10-14-31-34(30)39(27)26-11-9-16-33-36(26)41(31)29-12-7-8-15-32(29)42-33/h7-21H,1-6H3. The summed E-state index contributed by atoms with van der Waals surface area (Å²) in [6.07, 6.45) is 0. The first-order valence-electron chi connectivity index (χ1n) is 15.1. The van der Waals surface area contributed by atoms with E-state index < -0.39 is 0 Å². The summed E-state index contributed by atoms with van der Waals surface area (Å²) < 4.78 is 2.58. The topological polar surface area (TPSA) is 8.17 Å². The first kappa shape index (κ1) is 24.7. The summed E-state index contributed by atoms with van der Waals surface area (Å²) in [7, 11) is 0. The number of hydrogen-bond acceptors (Lipinski definition) is 2. The molecule has 0 amide bonds. The lowest BCUT2D eigenvalue weighted by molar-refractivity contribution is 0.590. The molecule has 3 aliphatic heterocycles. The molecule has 0 bridgehead atoms. The van der Waals surface area contributed by atoms with Crippen LogP contribution in [0.15, 0.2) is 101 Å². The van der Waals surface area contributed by atoms with Crippen LogP contribution in [0.1, 0.15) is 52.7 Å². The molecule has 6 aromatic rings. The number of rotatable bonds is 0. The molecule has 0 saturated carbocycles. The second-order valence-corrected chi connectivity index (χ2v) is 15.4. The Kier molecular flexibility index (Phi) is 4.66. The van der Waals surface area contributed by atoms with Gasteiger partial charge in [-0.2, -0.15) is 0 Å². The molecule has 0 atom stereocenters. The van der Waals surface area contributed by atoms with E-state index in [0.29, 0.717) is 0 Å². The molecule has 5 aromatic carbocycles. The summed E-state index contributed by atoms with van der Waals surface area (Å²) >= 11 is 1.91. The lowest BCUT2D eigenvalue weighted by Crippen LogP contribution is -2.61. The average molecular weight is 561 g/mol. The Morgan fingerprint density at radius 3 is 2.10 bits per heavy atom. The van der Waals surface area contributed by atoms with Crippen LogP contribution in [0.3, 0.4) is 0 Å². The van der Waals surface area contributed by atoms with Crippen molar-refractivity contribution < 1.29 is 0 Å². The predicted molar refractivity (Wildman–Crippen MR) is 182 cm³/mol. The summed E-state index contributed by atoms with van der Waals surface area (Å²) in [5.41, 5.74) is 15.1. The number of hydrogen-bond donors (Lipinski definition) is 0. The van der Waals surface area contributed by atoms with Gasteiger partial charge in [0.1, 0.15) is 0 Å². The Hall–Kier alpha value is -3.89. The Bertz CT molecular complexity index is 2160. The van der Waals surface area contributed by atoms with Gasteiger partial charge in [0.25, 0.3) is 6.71 Å². The van der Waals surface area contributed by atoms with Gasteiger partial charge in [0, 0.05) is 37.5 Å². The monoisotopic (exact) mass is 560 g/mol. The lowest BCUT2D eigenvalue weighted by Gasteiger charge is -2.43. The molecule has 1 aromatic heterocycles. The molecule has 0 fully saturated rings. The maximum absolute atomic E-state index is 2.58. The molecule has 0 aliphatic carbocycles. The molecule has 4 heterocycles. The van der Waals surface area contributed by atoms with E-state index in [1.807, 2.05) is 11.8 Å². The van der Waals surface area contributed by atoms with Crippen molar-refractivity contribution in [3.05, 3.63) is 102 Å². The van der Waals surface area contributed by atoms with Gasteiger partial charge in [-0.1, -0.05) is 95.8 Å². The van der Waals surface area contributed by atoms with Gasteiger partial charge in [-0.3, -0.25) is 0 Å². The van der Waals surface area contributed by atoms with Crippen molar-refractivity contribution in [2.24, 2.45) is 0 Å². The van der Waals surface area contributed by atoms with E-state index in [1.165, 1.54) is 81.9 Å². The third-order valence-electron chi connectivity index (χ3n) is 9.66. The minimum Gasteiger partial charge on any atom is -0.310 e. The smallest absolute Gasteiger partial charge is 0.252 e. The fraction of sp³-hybridized carbons (Fsp3) is 0.211. The molecule has 4 heteroatoms. The molecule has 0 spiro atoms. The van der Waals surface area contributed by atoms with Crippen molar-refractivity contribution in [2.75, 3.05) is 4.90 Å². The van der Waals surface area contributed by atoms with Gasteiger partial charge in [-0.25, -0.2) is 0 Å². The zero-order valence-corrected chi connectivity index (χ0v) is 25.9. The second-order valence-electron chi connectivity index (χ2n) is 14.3. The highest BCUT2D eigenvalue weighted by atomic mass is 32.2. The van der Waals surface area contributed by atoms with E-state index in [2.05, 4.69) is 142 Å². The molecule has 9 rings (SSSR count). The minimum atomic E-state index is 0.0339. The van der Waals surface area contributed by atoms with E-state index in [9.17, 15) is 0 Å². The first-order chi connectivity index (χ1) is 20.1. The van der Waals surface area contributed by atoms with Crippen molar-refractivity contribution in [2.45, 2.75) is 62.2 Å². The van der Waals surface area contributed by atoms with Crippen LogP contribution in [0.2, 0.25) is 0 Å². The van der Waals surface area contributed by atoms with Crippen LogP contribution in [-0.4, -0.2) is 11.3 Å². The fourth-order valence-electron chi connectivity index (χ4n) is 7.57. The van der Waals surface area contributed by atoms with Crippen LogP contribution in [0.25, 0.3) is 27.5 Å². The molecule has 2 nitrogen and oxygen atoms in total. The highest BCUT2D eigenvalue weighted by Crippen LogP contribution is 2.52. The first-order valence-corrected chi connectivity index (χ1v) is 15.9. The normalized spacial score (nSPS) is 14.7. The van der Waals surface area contributed by atoms with Crippen molar-refractivity contribution in [1.82, 2.24) is 4.57 Å². The van der Waals surface area contributed by atoms with Crippen molar-refractivity contribution in [3.63, 3.8) is 0 Å². The maximum Gasteiger partial charge on any atom is 0.252 e. The van der Waals surface area contributed by atoms with Gasteiger partial charge in [0.2, 0.25) is 0 Å². The van der Waals surface area contributed by atoms with E-state index in [0.717, 1.165) is 0 Å². The summed E-state index contributed by atoms with van der Waals surface area (Å²) in [6.45, 7) is 14.2. The lowest BCUT2D eigenvalue weighted by atomic mass is 9.33. The van der Waals surface area contributed by atoms with Crippen molar-refractivity contribution in [3.8, 4) is 5.69 Å². The molecule has 204 valence electrons. The van der Waals surface area contributed by atoms with Gasteiger partial charge in [0.05, 0.1) is 16.9 Å². The fourth-order valence-corrected chi connectivity index (χ4v) is 8.67. The van der Waals surface area contributed by atoms with E-state index in [1.54, 1.807) is 0 Å². The summed E-state index contributed by atoms with van der Waals surface area (Å²) in [4.78, 5) is 5.20. The minimum absolute atomic E-state index is 0.0339.